The molecule has 1 saturated heterocycles. The van der Waals surface area contributed by atoms with Crippen LogP contribution in [0, 0.1) is 0 Å². The van der Waals surface area contributed by atoms with Gasteiger partial charge in [-0.05, 0) is 18.1 Å². The van der Waals surface area contributed by atoms with E-state index in [-0.39, 0.29) is 35.2 Å². The van der Waals surface area contributed by atoms with Gasteiger partial charge in [-0.1, -0.05) is 36.9 Å². The minimum atomic E-state index is -2.98. The van der Waals surface area contributed by atoms with Gasteiger partial charge in [0, 0.05) is 12.7 Å². The Kier molecular flexibility index (Phi) is 4.87. The predicted molar refractivity (Wildman–Crippen MR) is 98.3 cm³/mol. The molecular weight excluding hydrogens is 346 g/mol. The molecule has 0 bridgehead atoms. The Labute approximate surface area is 146 Å². The first kappa shape index (κ1) is 17.3. The van der Waals surface area contributed by atoms with E-state index in [2.05, 4.69) is 17.2 Å². The van der Waals surface area contributed by atoms with Crippen LogP contribution < -0.4 is 5.32 Å². The van der Waals surface area contributed by atoms with E-state index in [1.54, 1.807) is 0 Å². The number of nitrogens with one attached hydrogen (secondary N) is 1. The Morgan fingerprint density at radius 1 is 1.38 bits per heavy atom. The van der Waals surface area contributed by atoms with E-state index < -0.39 is 9.84 Å². The summed E-state index contributed by atoms with van der Waals surface area (Å²) in [6.07, 6.45) is 0.858. The molecule has 1 fully saturated rings. The highest BCUT2D eigenvalue weighted by Gasteiger charge is 2.45. The van der Waals surface area contributed by atoms with Crippen LogP contribution in [-0.2, 0) is 21.1 Å². The average molecular weight is 367 g/mol. The molecule has 0 aromatic heterocycles. The van der Waals surface area contributed by atoms with Gasteiger partial charge in [0.25, 0.3) is 0 Å². The van der Waals surface area contributed by atoms with Crippen molar-refractivity contribution in [1.82, 2.24) is 4.90 Å². The lowest BCUT2D eigenvalue weighted by Gasteiger charge is -2.20. The van der Waals surface area contributed by atoms with Gasteiger partial charge < -0.3 is 10.2 Å². The molecule has 0 radical (unpaired) electrons. The number of likely N-dealkylation sites (N-methyl/N-ethyl adjacent to an activating group) is 1. The van der Waals surface area contributed by atoms with Crippen LogP contribution in [0.5, 0.6) is 0 Å². The summed E-state index contributed by atoms with van der Waals surface area (Å²) >= 11 is 1.36. The standard InChI is InChI=1S/C16H21N3O3S2/c1-3-11-6-4-5-7-12(11)17-15(20)8-23-16-18-13-9-24(21,22)10-14(13)19(16)2/h4-7,13-14H,3,8-10H2,1-2H3,(H,17,20)/t13-,14+/m1/s1. The maximum atomic E-state index is 12.2. The van der Waals surface area contributed by atoms with E-state index in [1.165, 1.54) is 11.8 Å². The maximum absolute atomic E-state index is 12.2. The van der Waals surface area contributed by atoms with Gasteiger partial charge in [-0.15, -0.1) is 0 Å². The molecule has 1 N–H and O–H groups in total. The third-order valence-electron chi connectivity index (χ3n) is 4.37. The maximum Gasteiger partial charge on any atom is 0.234 e. The number of rotatable bonds is 4. The van der Waals surface area contributed by atoms with Crippen LogP contribution in [0.3, 0.4) is 0 Å². The van der Waals surface area contributed by atoms with Crippen molar-refractivity contribution in [1.29, 1.82) is 0 Å². The van der Waals surface area contributed by atoms with E-state index in [0.29, 0.717) is 0 Å². The van der Waals surface area contributed by atoms with Crippen molar-refractivity contribution < 1.29 is 13.2 Å². The monoisotopic (exact) mass is 367 g/mol. The first-order chi connectivity index (χ1) is 11.4. The third-order valence-corrected chi connectivity index (χ3v) is 7.13. The number of aliphatic imine (C=N–C) groups is 1. The molecule has 2 atom stereocenters. The number of benzene rings is 1. The Hall–Kier alpha value is -1.54. The van der Waals surface area contributed by atoms with Gasteiger partial charge in [0.05, 0.1) is 29.3 Å². The molecule has 1 amide bonds. The van der Waals surface area contributed by atoms with Crippen molar-refractivity contribution in [3.63, 3.8) is 0 Å². The van der Waals surface area contributed by atoms with Crippen LogP contribution in [0.25, 0.3) is 0 Å². The van der Waals surface area contributed by atoms with Crippen LogP contribution in [0.1, 0.15) is 12.5 Å². The van der Waals surface area contributed by atoms with Crippen molar-refractivity contribution in [2.45, 2.75) is 25.4 Å². The van der Waals surface area contributed by atoms with Crippen molar-refractivity contribution in [2.75, 3.05) is 29.6 Å². The minimum Gasteiger partial charge on any atom is -0.348 e. The zero-order valence-electron chi connectivity index (χ0n) is 13.7. The second-order valence-electron chi connectivity index (χ2n) is 6.08. The summed E-state index contributed by atoms with van der Waals surface area (Å²) in [4.78, 5) is 18.6. The summed E-state index contributed by atoms with van der Waals surface area (Å²) in [6.45, 7) is 2.05. The van der Waals surface area contributed by atoms with E-state index in [0.717, 1.165) is 22.8 Å². The van der Waals surface area contributed by atoms with Crippen molar-refractivity contribution >= 4 is 38.4 Å². The summed E-state index contributed by atoms with van der Waals surface area (Å²) in [5, 5.41) is 3.68. The summed E-state index contributed by atoms with van der Waals surface area (Å²) < 4.78 is 23.3. The number of anilines is 1. The fourth-order valence-corrected chi connectivity index (χ4v) is 5.89. The molecule has 3 rings (SSSR count). The van der Waals surface area contributed by atoms with Gasteiger partial charge in [-0.25, -0.2) is 8.42 Å². The topological polar surface area (TPSA) is 78.8 Å². The molecular formula is C16H21N3O3S2. The highest BCUT2D eigenvalue weighted by Crippen LogP contribution is 2.29. The summed E-state index contributed by atoms with van der Waals surface area (Å²) in [7, 11) is -1.13. The third kappa shape index (κ3) is 3.59. The normalized spacial score (nSPS) is 24.6. The van der Waals surface area contributed by atoms with Gasteiger partial charge in [0.2, 0.25) is 5.91 Å². The molecule has 0 aliphatic carbocycles. The molecule has 0 unspecified atom stereocenters. The van der Waals surface area contributed by atoms with Crippen LogP contribution >= 0.6 is 11.8 Å². The lowest BCUT2D eigenvalue weighted by Crippen LogP contribution is -2.35. The van der Waals surface area contributed by atoms with Crippen LogP contribution in [0.2, 0.25) is 0 Å². The molecule has 6 nitrogen and oxygen atoms in total. The number of aryl methyl sites for hydroxylation is 1. The number of amidine groups is 1. The number of para-hydroxylation sites is 1. The number of carbonyl (C=O) groups is 1. The predicted octanol–water partition coefficient (Wildman–Crippen LogP) is 1.39. The molecule has 2 aliphatic rings. The second-order valence-corrected chi connectivity index (χ2v) is 9.18. The van der Waals surface area contributed by atoms with Gasteiger partial charge in [0.1, 0.15) is 0 Å². The number of carbonyl (C=O) groups excluding carboxylic acids is 1. The highest BCUT2D eigenvalue weighted by molar-refractivity contribution is 8.14. The summed E-state index contributed by atoms with van der Waals surface area (Å²) in [5.41, 5.74) is 1.95. The first-order valence-corrected chi connectivity index (χ1v) is 10.7. The molecule has 1 aromatic carbocycles. The number of amides is 1. The Balaban J connectivity index is 1.57. The van der Waals surface area contributed by atoms with E-state index >= 15 is 0 Å². The lowest BCUT2D eigenvalue weighted by atomic mass is 10.1. The fourth-order valence-electron chi connectivity index (χ4n) is 3.08. The van der Waals surface area contributed by atoms with E-state index in [9.17, 15) is 13.2 Å². The van der Waals surface area contributed by atoms with E-state index in [1.807, 2.05) is 36.2 Å². The van der Waals surface area contributed by atoms with Gasteiger partial charge in [-0.2, -0.15) is 0 Å². The van der Waals surface area contributed by atoms with Gasteiger partial charge >= 0.3 is 0 Å². The molecule has 8 heteroatoms. The Bertz CT molecular complexity index is 777. The van der Waals surface area contributed by atoms with Gasteiger partial charge in [0.15, 0.2) is 15.0 Å². The number of thioether (sulfide) groups is 1. The quantitative estimate of drug-likeness (QED) is 0.870. The molecule has 1 aromatic rings. The number of nitrogens with zero attached hydrogens (tertiary/aromatic N) is 2. The van der Waals surface area contributed by atoms with Crippen molar-refractivity contribution in [2.24, 2.45) is 4.99 Å². The smallest absolute Gasteiger partial charge is 0.234 e. The number of hydrogen-bond acceptors (Lipinski definition) is 6. The zero-order valence-corrected chi connectivity index (χ0v) is 15.4. The summed E-state index contributed by atoms with van der Waals surface area (Å²) in [6, 6.07) is 7.49. The van der Waals surface area contributed by atoms with Crippen LogP contribution in [-0.4, -0.2) is 60.8 Å². The largest absolute Gasteiger partial charge is 0.348 e. The highest BCUT2D eigenvalue weighted by atomic mass is 32.2. The van der Waals surface area contributed by atoms with Crippen molar-refractivity contribution in [3.05, 3.63) is 29.8 Å². The number of fused-ring (bicyclic) bond motifs is 1. The summed E-state index contributed by atoms with van der Waals surface area (Å²) in [5.74, 6) is 0.439. The molecule has 130 valence electrons. The lowest BCUT2D eigenvalue weighted by molar-refractivity contribution is -0.113. The molecule has 0 saturated carbocycles. The second kappa shape index (κ2) is 6.76. The number of hydrogen-bond donors (Lipinski definition) is 1. The molecule has 2 aliphatic heterocycles. The molecule has 0 spiro atoms. The van der Waals surface area contributed by atoms with Crippen LogP contribution in [0.4, 0.5) is 5.69 Å². The first-order valence-electron chi connectivity index (χ1n) is 7.91. The zero-order chi connectivity index (χ0) is 17.3. The Morgan fingerprint density at radius 3 is 2.83 bits per heavy atom. The SMILES string of the molecule is CCc1ccccc1NC(=O)CSC1=N[C@@H]2CS(=O)(=O)C[C@@H]2N1C. The van der Waals surface area contributed by atoms with E-state index in [4.69, 9.17) is 0 Å². The molecule has 24 heavy (non-hydrogen) atoms. The van der Waals surface area contributed by atoms with Gasteiger partial charge in [-0.3, -0.25) is 9.79 Å². The van der Waals surface area contributed by atoms with Crippen LogP contribution in [0.15, 0.2) is 29.3 Å². The Morgan fingerprint density at radius 2 is 2.12 bits per heavy atom. The molecule has 2 heterocycles. The average Bonchev–Trinajstić information content (AvgIpc) is 2.99. The fraction of sp³-hybridized carbons (Fsp3) is 0.500. The minimum absolute atomic E-state index is 0.0818. The van der Waals surface area contributed by atoms with Crippen molar-refractivity contribution in [3.8, 4) is 0 Å². The number of sulfone groups is 1.